The molecule has 0 spiro atoms. The largest absolute Gasteiger partial charge is 0.479 e. The molecule has 1 saturated heterocycles. The van der Waals surface area contributed by atoms with E-state index in [9.17, 15) is 9.59 Å². The van der Waals surface area contributed by atoms with Gasteiger partial charge in [-0.3, -0.25) is 4.79 Å². The summed E-state index contributed by atoms with van der Waals surface area (Å²) in [6, 6.07) is 6.72. The molecule has 1 aliphatic rings. The Morgan fingerprint density at radius 2 is 2.28 bits per heavy atom. The Morgan fingerprint density at radius 3 is 2.89 bits per heavy atom. The molecule has 0 aliphatic carbocycles. The van der Waals surface area contributed by atoms with Crippen LogP contribution in [0.2, 0.25) is 5.02 Å². The average Bonchev–Trinajstić information content (AvgIpc) is 2.32. The lowest BCUT2D eigenvalue weighted by molar-refractivity contribution is -0.168. The highest BCUT2D eigenvalue weighted by atomic mass is 35.5. The summed E-state index contributed by atoms with van der Waals surface area (Å²) in [5, 5.41) is 9.60. The van der Waals surface area contributed by atoms with E-state index in [4.69, 9.17) is 21.4 Å². The average molecular weight is 270 g/mol. The summed E-state index contributed by atoms with van der Waals surface area (Å²) in [5.41, 5.74) is -0.820. The first-order valence-corrected chi connectivity index (χ1v) is 5.73. The van der Waals surface area contributed by atoms with Gasteiger partial charge in [0.2, 0.25) is 0 Å². The van der Waals surface area contributed by atoms with Crippen LogP contribution in [0.4, 0.5) is 5.69 Å². The third kappa shape index (κ3) is 2.32. The minimum absolute atomic E-state index is 0.0402. The molecule has 5 nitrogen and oxygen atoms in total. The molecular formula is C12H12ClNO4. The van der Waals surface area contributed by atoms with Crippen LogP contribution in [0.1, 0.15) is 6.92 Å². The van der Waals surface area contributed by atoms with Crippen LogP contribution in [0.3, 0.4) is 0 Å². The molecule has 1 aromatic rings. The van der Waals surface area contributed by atoms with Crippen molar-refractivity contribution in [3.05, 3.63) is 29.3 Å². The lowest BCUT2D eigenvalue weighted by Gasteiger charge is -2.37. The van der Waals surface area contributed by atoms with Crippen molar-refractivity contribution in [1.29, 1.82) is 0 Å². The molecule has 1 N–H and O–H groups in total. The number of carboxylic acid groups (broad SMARTS) is 1. The van der Waals surface area contributed by atoms with Crippen molar-refractivity contribution >= 4 is 29.2 Å². The van der Waals surface area contributed by atoms with E-state index >= 15 is 0 Å². The summed E-state index contributed by atoms with van der Waals surface area (Å²) in [5.74, 6) is -1.38. The molecule has 1 aliphatic heterocycles. The third-order valence-electron chi connectivity index (χ3n) is 2.85. The molecule has 1 unspecified atom stereocenters. The summed E-state index contributed by atoms with van der Waals surface area (Å²) in [6.45, 7) is 1.15. The fourth-order valence-corrected chi connectivity index (χ4v) is 1.93. The fourth-order valence-electron chi connectivity index (χ4n) is 1.74. The number of hydrogen-bond donors (Lipinski definition) is 1. The molecule has 96 valence electrons. The Hall–Kier alpha value is -1.59. The third-order valence-corrected chi connectivity index (χ3v) is 3.08. The Labute approximate surface area is 109 Å². The van der Waals surface area contributed by atoms with E-state index in [0.717, 1.165) is 0 Å². The first kappa shape index (κ1) is 12.9. The van der Waals surface area contributed by atoms with E-state index < -0.39 is 11.6 Å². The van der Waals surface area contributed by atoms with Gasteiger partial charge in [-0.15, -0.1) is 0 Å². The van der Waals surface area contributed by atoms with Crippen LogP contribution in [0.25, 0.3) is 0 Å². The molecule has 0 radical (unpaired) electrons. The molecule has 1 fully saturated rings. The highest BCUT2D eigenvalue weighted by molar-refractivity contribution is 6.30. The van der Waals surface area contributed by atoms with Gasteiger partial charge in [-0.05, 0) is 25.1 Å². The van der Waals surface area contributed by atoms with Gasteiger partial charge >= 0.3 is 5.97 Å². The molecule has 1 amide bonds. The van der Waals surface area contributed by atoms with Gasteiger partial charge in [0.25, 0.3) is 5.91 Å². The topological polar surface area (TPSA) is 66.8 Å². The first-order valence-electron chi connectivity index (χ1n) is 5.36. The second-order valence-corrected chi connectivity index (χ2v) is 4.72. The maximum absolute atomic E-state index is 11.8. The molecule has 1 atom stereocenters. The van der Waals surface area contributed by atoms with E-state index in [-0.39, 0.29) is 19.1 Å². The Morgan fingerprint density at radius 1 is 1.56 bits per heavy atom. The number of benzene rings is 1. The van der Waals surface area contributed by atoms with Crippen molar-refractivity contribution in [3.63, 3.8) is 0 Å². The van der Waals surface area contributed by atoms with Gasteiger partial charge in [-0.25, -0.2) is 4.79 Å². The number of rotatable bonds is 2. The number of aliphatic carboxylic acids is 1. The van der Waals surface area contributed by atoms with Crippen LogP contribution in [-0.4, -0.2) is 35.7 Å². The predicted molar refractivity (Wildman–Crippen MR) is 65.8 cm³/mol. The van der Waals surface area contributed by atoms with Crippen molar-refractivity contribution in [1.82, 2.24) is 0 Å². The van der Waals surface area contributed by atoms with Crippen LogP contribution < -0.4 is 4.90 Å². The number of anilines is 1. The van der Waals surface area contributed by atoms with Crippen molar-refractivity contribution in [2.24, 2.45) is 0 Å². The van der Waals surface area contributed by atoms with Crippen LogP contribution in [0.5, 0.6) is 0 Å². The van der Waals surface area contributed by atoms with Gasteiger partial charge in [0.05, 0.1) is 6.54 Å². The van der Waals surface area contributed by atoms with E-state index in [1.807, 2.05) is 0 Å². The summed E-state index contributed by atoms with van der Waals surface area (Å²) < 4.78 is 5.10. The molecule has 0 aromatic heterocycles. The van der Waals surface area contributed by atoms with E-state index in [0.29, 0.717) is 10.7 Å². The first-order chi connectivity index (χ1) is 8.42. The summed E-state index contributed by atoms with van der Waals surface area (Å²) >= 11 is 5.86. The van der Waals surface area contributed by atoms with Crippen molar-refractivity contribution in [2.45, 2.75) is 12.5 Å². The van der Waals surface area contributed by atoms with E-state index in [1.165, 1.54) is 11.8 Å². The van der Waals surface area contributed by atoms with Crippen LogP contribution in [0.15, 0.2) is 24.3 Å². The molecule has 6 heteroatoms. The normalized spacial score (nSPS) is 24.1. The molecule has 18 heavy (non-hydrogen) atoms. The molecule has 1 aromatic carbocycles. The van der Waals surface area contributed by atoms with Gasteiger partial charge in [-0.2, -0.15) is 0 Å². The molecule has 2 rings (SSSR count). The van der Waals surface area contributed by atoms with Gasteiger partial charge < -0.3 is 14.7 Å². The summed E-state index contributed by atoms with van der Waals surface area (Å²) in [7, 11) is 0. The summed E-state index contributed by atoms with van der Waals surface area (Å²) in [6.07, 6.45) is 0. The highest BCUT2D eigenvalue weighted by Gasteiger charge is 2.42. The molecule has 0 saturated carbocycles. The number of hydrogen-bond acceptors (Lipinski definition) is 3. The number of carboxylic acids is 1. The van der Waals surface area contributed by atoms with Gasteiger partial charge in [-0.1, -0.05) is 17.7 Å². The lowest BCUT2D eigenvalue weighted by Crippen LogP contribution is -2.57. The van der Waals surface area contributed by atoms with Gasteiger partial charge in [0.15, 0.2) is 5.60 Å². The van der Waals surface area contributed by atoms with Crippen LogP contribution in [-0.2, 0) is 14.3 Å². The Balaban J connectivity index is 2.31. The quantitative estimate of drug-likeness (QED) is 0.884. The maximum Gasteiger partial charge on any atom is 0.337 e. The smallest absolute Gasteiger partial charge is 0.337 e. The Bertz CT molecular complexity index is 505. The van der Waals surface area contributed by atoms with Crippen molar-refractivity contribution in [3.8, 4) is 0 Å². The second kappa shape index (κ2) is 4.59. The minimum Gasteiger partial charge on any atom is -0.479 e. The number of morpholine rings is 1. The molecular weight excluding hydrogens is 258 g/mol. The number of ether oxygens (including phenoxy) is 1. The zero-order valence-electron chi connectivity index (χ0n) is 9.72. The van der Waals surface area contributed by atoms with E-state index in [2.05, 4.69) is 0 Å². The zero-order valence-corrected chi connectivity index (χ0v) is 10.5. The standard InChI is InChI=1S/C12H12ClNO4/c1-12(11(16)17)7-14(10(15)6-18-12)9-4-2-3-8(13)5-9/h2-5H,6-7H2,1H3,(H,16,17). The maximum atomic E-state index is 11.8. The SMILES string of the molecule is CC1(C(=O)O)CN(c2cccc(Cl)c2)C(=O)CO1. The van der Waals surface area contributed by atoms with Crippen LogP contribution >= 0.6 is 11.6 Å². The minimum atomic E-state index is -1.39. The predicted octanol–water partition coefficient (Wildman–Crippen LogP) is 1.55. The van der Waals surface area contributed by atoms with Gasteiger partial charge in [0.1, 0.15) is 6.61 Å². The monoisotopic (exact) mass is 269 g/mol. The number of nitrogens with zero attached hydrogens (tertiary/aromatic N) is 1. The number of carbonyl (C=O) groups is 2. The number of halogens is 1. The number of carbonyl (C=O) groups excluding carboxylic acids is 1. The van der Waals surface area contributed by atoms with Crippen LogP contribution in [0, 0.1) is 0 Å². The molecule has 1 heterocycles. The Kier molecular flexibility index (Phi) is 3.28. The van der Waals surface area contributed by atoms with Crippen molar-refractivity contribution in [2.75, 3.05) is 18.1 Å². The number of amides is 1. The summed E-state index contributed by atoms with van der Waals surface area (Å²) in [4.78, 5) is 24.3. The van der Waals surface area contributed by atoms with Crippen molar-refractivity contribution < 1.29 is 19.4 Å². The van der Waals surface area contributed by atoms with E-state index in [1.54, 1.807) is 24.3 Å². The molecule has 0 bridgehead atoms. The highest BCUT2D eigenvalue weighted by Crippen LogP contribution is 2.26. The fraction of sp³-hybridized carbons (Fsp3) is 0.333. The van der Waals surface area contributed by atoms with Gasteiger partial charge in [0, 0.05) is 10.7 Å². The second-order valence-electron chi connectivity index (χ2n) is 4.28. The lowest BCUT2D eigenvalue weighted by atomic mass is 10.0. The zero-order chi connectivity index (χ0) is 13.3.